The van der Waals surface area contributed by atoms with Crippen LogP contribution < -0.4 is 0 Å². The van der Waals surface area contributed by atoms with Gasteiger partial charge in [-0.3, -0.25) is 4.79 Å². The van der Waals surface area contributed by atoms with Gasteiger partial charge in [0.25, 0.3) is 0 Å². The lowest BCUT2D eigenvalue weighted by Gasteiger charge is -2.43. The lowest BCUT2D eigenvalue weighted by molar-refractivity contribution is -0.198. The first kappa shape index (κ1) is 24.9. The van der Waals surface area contributed by atoms with Gasteiger partial charge in [-0.25, -0.2) is 4.79 Å². The summed E-state index contributed by atoms with van der Waals surface area (Å²) in [5.74, 6) is -2.06. The average molecular weight is 507 g/mol. The van der Waals surface area contributed by atoms with E-state index in [9.17, 15) is 35.1 Å². The molecule has 0 saturated carbocycles. The molecule has 5 atom stereocenters. The van der Waals surface area contributed by atoms with Crippen LogP contribution in [-0.2, 0) is 15.1 Å². The first-order valence-electron chi connectivity index (χ1n) is 11.8. The molecule has 0 radical (unpaired) electrons. The Kier molecular flexibility index (Phi) is 6.25. The Morgan fingerprint density at radius 3 is 2.41 bits per heavy atom. The van der Waals surface area contributed by atoms with Crippen molar-refractivity contribution in [2.24, 2.45) is 0 Å². The molecule has 3 aromatic carbocycles. The van der Waals surface area contributed by atoms with Gasteiger partial charge in [-0.2, -0.15) is 0 Å². The molecule has 9 nitrogen and oxygen atoms in total. The van der Waals surface area contributed by atoms with Crippen molar-refractivity contribution in [3.05, 3.63) is 94.0 Å². The maximum atomic E-state index is 13.2. The molecule has 1 saturated heterocycles. The number of benzene rings is 3. The predicted octanol–water partition coefficient (Wildman–Crippen LogP) is 1.92. The van der Waals surface area contributed by atoms with Crippen LogP contribution in [-0.4, -0.2) is 68.3 Å². The van der Waals surface area contributed by atoms with Gasteiger partial charge >= 0.3 is 5.97 Å². The van der Waals surface area contributed by atoms with Crippen molar-refractivity contribution in [3.8, 4) is 11.5 Å². The third-order valence-corrected chi connectivity index (χ3v) is 7.00. The number of carbonyl (C=O) groups is 2. The zero-order valence-electron chi connectivity index (χ0n) is 19.9. The number of ether oxygens (including phenoxy) is 2. The number of esters is 1. The van der Waals surface area contributed by atoms with Gasteiger partial charge in [-0.1, -0.05) is 36.4 Å². The molecule has 5 rings (SSSR count). The second-order valence-corrected chi connectivity index (χ2v) is 9.46. The summed E-state index contributed by atoms with van der Waals surface area (Å²) in [5, 5.41) is 54.8. The number of phenolic OH excluding ortho intramolecular Hbond substituents is 2. The molecule has 3 aromatic rings. The van der Waals surface area contributed by atoms with Crippen molar-refractivity contribution in [1.29, 1.82) is 0 Å². The summed E-state index contributed by atoms with van der Waals surface area (Å²) in [6.07, 6.45) is -5.72. The van der Waals surface area contributed by atoms with Crippen molar-refractivity contribution >= 4 is 11.8 Å². The Morgan fingerprint density at radius 1 is 0.973 bits per heavy atom. The SMILES string of the molecule is Cc1cc(O)c2c(c1)C(O)(CC1OCC(OC(=O)c3ccccc3)C(O)C1O)c1cccc(O)c1C2=O. The summed E-state index contributed by atoms with van der Waals surface area (Å²) >= 11 is 0. The topological polar surface area (TPSA) is 154 Å². The van der Waals surface area contributed by atoms with Crippen LogP contribution in [0.3, 0.4) is 0 Å². The highest BCUT2D eigenvalue weighted by atomic mass is 16.6. The number of phenols is 2. The number of aryl methyl sites for hydroxylation is 1. The molecule has 5 N–H and O–H groups in total. The largest absolute Gasteiger partial charge is 0.507 e. The second kappa shape index (κ2) is 9.28. The number of ketones is 1. The highest BCUT2D eigenvalue weighted by molar-refractivity contribution is 6.16. The van der Waals surface area contributed by atoms with E-state index in [1.54, 1.807) is 43.3 Å². The van der Waals surface area contributed by atoms with E-state index in [-0.39, 0.29) is 52.3 Å². The number of fused-ring (bicyclic) bond motifs is 2. The van der Waals surface area contributed by atoms with Gasteiger partial charge in [0.15, 0.2) is 6.10 Å². The van der Waals surface area contributed by atoms with Crippen LogP contribution in [0.5, 0.6) is 11.5 Å². The number of aromatic hydroxyl groups is 2. The molecule has 37 heavy (non-hydrogen) atoms. The van der Waals surface area contributed by atoms with E-state index in [1.807, 2.05) is 0 Å². The molecular formula is C28H26O9. The molecule has 0 bridgehead atoms. The molecule has 9 heteroatoms. The second-order valence-electron chi connectivity index (χ2n) is 9.46. The third-order valence-electron chi connectivity index (χ3n) is 7.00. The summed E-state index contributed by atoms with van der Waals surface area (Å²) in [6, 6.07) is 15.4. The summed E-state index contributed by atoms with van der Waals surface area (Å²) < 4.78 is 11.1. The van der Waals surface area contributed by atoms with Gasteiger partial charge in [0, 0.05) is 17.5 Å². The normalized spacial score (nSPS) is 26.8. The van der Waals surface area contributed by atoms with Crippen molar-refractivity contribution < 1.29 is 44.6 Å². The van der Waals surface area contributed by atoms with Gasteiger partial charge < -0.3 is 35.0 Å². The molecule has 1 aliphatic carbocycles. The standard InChI is InChI=1S/C28H26O9/c1-14-10-17-23(19(30)11-14)26(33)22-16(8-5-9-18(22)29)28(17,35)12-20-24(31)25(32)21(13-36-20)37-27(34)15-6-3-2-4-7-15/h2-11,20-21,24-25,29-32,35H,12-13H2,1H3. The molecule has 0 spiro atoms. The van der Waals surface area contributed by atoms with Gasteiger partial charge in [0.1, 0.15) is 29.3 Å². The molecule has 1 aliphatic heterocycles. The van der Waals surface area contributed by atoms with E-state index < -0.39 is 41.8 Å². The molecule has 1 heterocycles. The van der Waals surface area contributed by atoms with Crippen molar-refractivity contribution in [1.82, 2.24) is 0 Å². The Labute approximate surface area is 212 Å². The fourth-order valence-electron chi connectivity index (χ4n) is 5.16. The fraction of sp³-hybridized carbons (Fsp3) is 0.286. The highest BCUT2D eigenvalue weighted by Gasteiger charge is 2.50. The van der Waals surface area contributed by atoms with E-state index in [2.05, 4.69) is 0 Å². The quantitative estimate of drug-likeness (QED) is 0.334. The summed E-state index contributed by atoms with van der Waals surface area (Å²) in [6.45, 7) is 1.43. The van der Waals surface area contributed by atoms with Crippen LogP contribution in [0.15, 0.2) is 60.7 Å². The summed E-state index contributed by atoms with van der Waals surface area (Å²) in [4.78, 5) is 25.6. The van der Waals surface area contributed by atoms with Gasteiger partial charge in [0.2, 0.25) is 5.78 Å². The Hall–Kier alpha value is -3.76. The lowest BCUT2D eigenvalue weighted by atomic mass is 9.70. The molecule has 0 aromatic heterocycles. The molecule has 2 aliphatic rings. The van der Waals surface area contributed by atoms with Crippen LogP contribution in [0, 0.1) is 6.92 Å². The zero-order chi connectivity index (χ0) is 26.5. The minimum Gasteiger partial charge on any atom is -0.507 e. The first-order chi connectivity index (χ1) is 17.6. The highest BCUT2D eigenvalue weighted by Crippen LogP contribution is 2.48. The van der Waals surface area contributed by atoms with Crippen LogP contribution in [0.1, 0.15) is 49.4 Å². The van der Waals surface area contributed by atoms with Crippen LogP contribution in [0.2, 0.25) is 0 Å². The fourth-order valence-corrected chi connectivity index (χ4v) is 5.16. The van der Waals surface area contributed by atoms with E-state index >= 15 is 0 Å². The van der Waals surface area contributed by atoms with E-state index in [1.165, 1.54) is 24.3 Å². The van der Waals surface area contributed by atoms with Gasteiger partial charge in [0.05, 0.1) is 29.4 Å². The number of carbonyl (C=O) groups excluding carboxylic acids is 2. The van der Waals surface area contributed by atoms with Crippen molar-refractivity contribution in [2.75, 3.05) is 6.61 Å². The van der Waals surface area contributed by atoms with Crippen molar-refractivity contribution in [3.63, 3.8) is 0 Å². The molecule has 1 fully saturated rings. The Bertz CT molecular complexity index is 1370. The third kappa shape index (κ3) is 4.15. The van der Waals surface area contributed by atoms with Crippen LogP contribution >= 0.6 is 0 Å². The number of aliphatic hydroxyl groups excluding tert-OH is 2. The first-order valence-corrected chi connectivity index (χ1v) is 11.8. The molecular weight excluding hydrogens is 480 g/mol. The van der Waals surface area contributed by atoms with E-state index in [0.717, 1.165) is 0 Å². The smallest absolute Gasteiger partial charge is 0.338 e. The Morgan fingerprint density at radius 2 is 1.68 bits per heavy atom. The lowest BCUT2D eigenvalue weighted by Crippen LogP contribution is -2.56. The maximum Gasteiger partial charge on any atom is 0.338 e. The van der Waals surface area contributed by atoms with E-state index in [0.29, 0.717) is 5.56 Å². The van der Waals surface area contributed by atoms with Gasteiger partial charge in [-0.05, 0) is 36.8 Å². The van der Waals surface area contributed by atoms with Crippen LogP contribution in [0.4, 0.5) is 0 Å². The average Bonchev–Trinajstić information content (AvgIpc) is 2.87. The van der Waals surface area contributed by atoms with E-state index in [4.69, 9.17) is 9.47 Å². The summed E-state index contributed by atoms with van der Waals surface area (Å²) in [5.41, 5.74) is -1.28. The molecule has 5 unspecified atom stereocenters. The van der Waals surface area contributed by atoms with Gasteiger partial charge in [-0.15, -0.1) is 0 Å². The minimum absolute atomic E-state index is 0.0814. The van der Waals surface area contributed by atoms with Crippen molar-refractivity contribution in [2.45, 2.75) is 43.4 Å². The molecule has 0 amide bonds. The minimum atomic E-state index is -1.97. The number of hydrogen-bond donors (Lipinski definition) is 5. The summed E-state index contributed by atoms with van der Waals surface area (Å²) in [7, 11) is 0. The number of hydrogen-bond acceptors (Lipinski definition) is 9. The number of rotatable bonds is 4. The monoisotopic (exact) mass is 506 g/mol. The molecule has 192 valence electrons. The predicted molar refractivity (Wildman–Crippen MR) is 129 cm³/mol. The Balaban J connectivity index is 1.46. The number of aliphatic hydroxyl groups is 3. The zero-order valence-corrected chi connectivity index (χ0v) is 19.9. The maximum absolute atomic E-state index is 13.2. The van der Waals surface area contributed by atoms with Crippen LogP contribution in [0.25, 0.3) is 0 Å².